The van der Waals surface area contributed by atoms with Gasteiger partial charge in [-0.15, -0.1) is 0 Å². The Kier molecular flexibility index (Phi) is 6.29. The van der Waals surface area contributed by atoms with E-state index >= 15 is 0 Å². The van der Waals surface area contributed by atoms with Crippen LogP contribution in [0.5, 0.6) is 0 Å². The summed E-state index contributed by atoms with van der Waals surface area (Å²) in [4.78, 5) is 33.3. The number of halogens is 3. The molecule has 33 heavy (non-hydrogen) atoms. The lowest BCUT2D eigenvalue weighted by molar-refractivity contribution is -0.137. The third-order valence-electron chi connectivity index (χ3n) is 5.64. The number of allylic oxidation sites excluding steroid dienone is 1. The molecule has 2 heterocycles. The second-order valence-electron chi connectivity index (χ2n) is 8.02. The quantitative estimate of drug-likeness (QED) is 0.430. The second-order valence-corrected chi connectivity index (χ2v) is 8.02. The highest BCUT2D eigenvalue weighted by atomic mass is 19.4. The minimum absolute atomic E-state index is 0.0104. The molecule has 170 valence electrons. The third kappa shape index (κ3) is 5.28. The van der Waals surface area contributed by atoms with Crippen molar-refractivity contribution in [3.63, 3.8) is 0 Å². The SMILES string of the molecule is CN1CCN(C(=O)c2ccc(C=CC(=O)c3ccc4cc(C(F)(F)F)ccc4n3)cc2)CC1. The van der Waals surface area contributed by atoms with Gasteiger partial charge in [-0.25, -0.2) is 4.98 Å². The van der Waals surface area contributed by atoms with E-state index in [1.807, 2.05) is 11.9 Å². The normalized spacial score (nSPS) is 15.3. The van der Waals surface area contributed by atoms with Gasteiger partial charge in [0.15, 0.2) is 0 Å². The number of ketones is 1. The molecule has 0 atom stereocenters. The van der Waals surface area contributed by atoms with E-state index in [0.29, 0.717) is 29.6 Å². The summed E-state index contributed by atoms with van der Waals surface area (Å²) < 4.78 is 38.6. The van der Waals surface area contributed by atoms with Gasteiger partial charge in [0.05, 0.1) is 11.1 Å². The third-order valence-corrected chi connectivity index (χ3v) is 5.64. The molecule has 8 heteroatoms. The van der Waals surface area contributed by atoms with E-state index in [9.17, 15) is 22.8 Å². The summed E-state index contributed by atoms with van der Waals surface area (Å²) in [5, 5.41) is 0.311. The van der Waals surface area contributed by atoms with Crippen molar-refractivity contribution in [2.75, 3.05) is 33.2 Å². The smallest absolute Gasteiger partial charge is 0.336 e. The molecule has 0 spiro atoms. The topological polar surface area (TPSA) is 53.5 Å². The largest absolute Gasteiger partial charge is 0.416 e. The van der Waals surface area contributed by atoms with Gasteiger partial charge >= 0.3 is 6.18 Å². The zero-order valence-corrected chi connectivity index (χ0v) is 18.0. The van der Waals surface area contributed by atoms with E-state index < -0.39 is 11.7 Å². The van der Waals surface area contributed by atoms with Gasteiger partial charge in [0.2, 0.25) is 5.78 Å². The minimum Gasteiger partial charge on any atom is -0.336 e. The standard InChI is InChI=1S/C25H22F3N3O2/c1-30-12-14-31(15-13-30)24(33)18-5-2-17(3-6-18)4-11-23(32)22-9-7-19-16-20(25(26,27)28)8-10-21(19)29-22/h2-11,16H,12-15H2,1H3. The first-order valence-electron chi connectivity index (χ1n) is 10.5. The Balaban J connectivity index is 1.43. The number of piperazine rings is 1. The van der Waals surface area contributed by atoms with Crippen molar-refractivity contribution in [2.24, 2.45) is 0 Å². The van der Waals surface area contributed by atoms with Crippen molar-refractivity contribution in [3.8, 4) is 0 Å². The molecular weight excluding hydrogens is 431 g/mol. The Bertz CT molecular complexity index is 1210. The van der Waals surface area contributed by atoms with Crippen LogP contribution in [0.25, 0.3) is 17.0 Å². The molecule has 0 unspecified atom stereocenters. The maximum absolute atomic E-state index is 12.9. The summed E-state index contributed by atoms with van der Waals surface area (Å²) in [5.74, 6) is -0.377. The van der Waals surface area contributed by atoms with Crippen LogP contribution in [0.3, 0.4) is 0 Å². The van der Waals surface area contributed by atoms with Crippen LogP contribution in [-0.4, -0.2) is 59.7 Å². The lowest BCUT2D eigenvalue weighted by atomic mass is 10.1. The molecule has 1 fully saturated rings. The first-order valence-corrected chi connectivity index (χ1v) is 10.5. The summed E-state index contributed by atoms with van der Waals surface area (Å²) in [7, 11) is 2.03. The average molecular weight is 453 g/mol. The van der Waals surface area contributed by atoms with Crippen LogP contribution >= 0.6 is 0 Å². The Morgan fingerprint density at radius 2 is 1.64 bits per heavy atom. The number of hydrogen-bond acceptors (Lipinski definition) is 4. The highest BCUT2D eigenvalue weighted by molar-refractivity contribution is 6.06. The molecule has 4 rings (SSSR count). The van der Waals surface area contributed by atoms with Crippen LogP contribution < -0.4 is 0 Å². The van der Waals surface area contributed by atoms with E-state index in [0.717, 1.165) is 30.8 Å². The predicted octanol–water partition coefficient (Wildman–Crippen LogP) is 4.54. The molecule has 2 aromatic carbocycles. The van der Waals surface area contributed by atoms with Crippen molar-refractivity contribution in [3.05, 3.63) is 83.1 Å². The van der Waals surface area contributed by atoms with Crippen LogP contribution in [0.15, 0.2) is 60.7 Å². The highest BCUT2D eigenvalue weighted by Crippen LogP contribution is 2.31. The molecule has 1 aromatic heterocycles. The van der Waals surface area contributed by atoms with Crippen LogP contribution in [0.2, 0.25) is 0 Å². The van der Waals surface area contributed by atoms with Crippen molar-refractivity contribution >= 4 is 28.7 Å². The number of alkyl halides is 3. The predicted molar refractivity (Wildman–Crippen MR) is 120 cm³/mol. The summed E-state index contributed by atoms with van der Waals surface area (Å²) in [6.45, 7) is 3.09. The summed E-state index contributed by atoms with van der Waals surface area (Å²) in [6, 6.07) is 13.1. The molecule has 0 bridgehead atoms. The molecule has 1 aliphatic heterocycles. The molecule has 0 radical (unpaired) electrons. The lowest BCUT2D eigenvalue weighted by Crippen LogP contribution is -2.47. The summed E-state index contributed by atoms with van der Waals surface area (Å²) >= 11 is 0. The van der Waals surface area contributed by atoms with Crippen molar-refractivity contribution < 1.29 is 22.8 Å². The average Bonchev–Trinajstić information content (AvgIpc) is 2.81. The molecule has 1 aliphatic rings. The Morgan fingerprint density at radius 3 is 2.30 bits per heavy atom. The lowest BCUT2D eigenvalue weighted by Gasteiger charge is -2.32. The Labute approximate surface area is 189 Å². The Hall–Kier alpha value is -3.52. The van der Waals surface area contributed by atoms with Crippen LogP contribution in [0.4, 0.5) is 13.2 Å². The van der Waals surface area contributed by atoms with Gasteiger partial charge in [-0.3, -0.25) is 9.59 Å². The van der Waals surface area contributed by atoms with Crippen molar-refractivity contribution in [1.29, 1.82) is 0 Å². The summed E-state index contributed by atoms with van der Waals surface area (Å²) in [5.41, 5.74) is 1.03. The molecule has 1 amide bonds. The van der Waals surface area contributed by atoms with Crippen LogP contribution in [-0.2, 0) is 6.18 Å². The number of amides is 1. The fourth-order valence-corrected chi connectivity index (χ4v) is 3.63. The fraction of sp³-hybridized carbons (Fsp3) is 0.240. The highest BCUT2D eigenvalue weighted by Gasteiger charge is 2.30. The van der Waals surface area contributed by atoms with E-state index in [-0.39, 0.29) is 17.4 Å². The number of carbonyl (C=O) groups is 2. The van der Waals surface area contributed by atoms with Crippen molar-refractivity contribution in [2.45, 2.75) is 6.18 Å². The van der Waals surface area contributed by atoms with E-state index in [2.05, 4.69) is 9.88 Å². The number of aromatic nitrogens is 1. The van der Waals surface area contributed by atoms with E-state index in [1.165, 1.54) is 24.3 Å². The number of carbonyl (C=O) groups excluding carboxylic acids is 2. The van der Waals surface area contributed by atoms with Gasteiger partial charge in [0.1, 0.15) is 5.69 Å². The first-order chi connectivity index (χ1) is 15.7. The molecule has 0 N–H and O–H groups in total. The number of nitrogens with zero attached hydrogens (tertiary/aromatic N) is 3. The number of pyridine rings is 1. The molecule has 5 nitrogen and oxygen atoms in total. The number of hydrogen-bond donors (Lipinski definition) is 0. The first kappa shape index (κ1) is 22.7. The monoisotopic (exact) mass is 453 g/mol. The van der Waals surface area contributed by atoms with Gasteiger partial charge in [0, 0.05) is 37.1 Å². The van der Waals surface area contributed by atoms with Crippen molar-refractivity contribution in [1.82, 2.24) is 14.8 Å². The van der Waals surface area contributed by atoms with Gasteiger partial charge in [0.25, 0.3) is 5.91 Å². The van der Waals surface area contributed by atoms with Gasteiger partial charge in [-0.2, -0.15) is 13.2 Å². The van der Waals surface area contributed by atoms with E-state index in [1.54, 1.807) is 30.3 Å². The molecule has 3 aromatic rings. The maximum Gasteiger partial charge on any atom is 0.416 e. The fourth-order valence-electron chi connectivity index (χ4n) is 3.63. The summed E-state index contributed by atoms with van der Waals surface area (Å²) in [6.07, 6.45) is -1.46. The van der Waals surface area contributed by atoms with E-state index in [4.69, 9.17) is 0 Å². The van der Waals surface area contributed by atoms with Gasteiger partial charge in [-0.05, 0) is 55.1 Å². The molecule has 0 aliphatic carbocycles. The van der Waals surface area contributed by atoms with Crippen LogP contribution in [0, 0.1) is 0 Å². The molecule has 1 saturated heterocycles. The van der Waals surface area contributed by atoms with Gasteiger partial charge in [-0.1, -0.05) is 24.3 Å². The van der Waals surface area contributed by atoms with Crippen LogP contribution in [0.1, 0.15) is 32.0 Å². The maximum atomic E-state index is 12.9. The molecular formula is C25H22F3N3O2. The second kappa shape index (κ2) is 9.15. The minimum atomic E-state index is -4.43. The number of fused-ring (bicyclic) bond motifs is 1. The van der Waals surface area contributed by atoms with Gasteiger partial charge < -0.3 is 9.80 Å². The number of rotatable bonds is 4. The zero-order chi connectivity index (χ0) is 23.6. The Morgan fingerprint density at radius 1 is 0.939 bits per heavy atom. The number of likely N-dealkylation sites (N-methyl/N-ethyl adjacent to an activating group) is 1. The number of benzene rings is 2. The molecule has 0 saturated carbocycles. The zero-order valence-electron chi connectivity index (χ0n) is 18.0.